The third kappa shape index (κ3) is 5.55. The van der Waals surface area contributed by atoms with Crippen molar-refractivity contribution in [1.29, 1.82) is 0 Å². The predicted molar refractivity (Wildman–Crippen MR) is 107 cm³/mol. The number of Topliss-reactive ketones (excluding diaryl/α,β-unsaturated/α-hetero) is 1. The summed E-state index contributed by atoms with van der Waals surface area (Å²) < 4.78 is 7.30. The van der Waals surface area contributed by atoms with Gasteiger partial charge in [0.2, 0.25) is 11.7 Å². The smallest absolute Gasteiger partial charge is 0.308 e. The molecule has 0 aliphatic rings. The number of benzene rings is 1. The number of carbonyl (C=O) groups excluding carboxylic acids is 3. The first-order chi connectivity index (χ1) is 13.3. The van der Waals surface area contributed by atoms with E-state index in [0.717, 1.165) is 29.9 Å². The second kappa shape index (κ2) is 9.88. The number of nitrogens with zero attached hydrogens (tertiary/aromatic N) is 1. The van der Waals surface area contributed by atoms with E-state index in [1.807, 2.05) is 50.2 Å². The Bertz CT molecular complexity index is 840. The van der Waals surface area contributed by atoms with Crippen LogP contribution in [0.15, 0.2) is 36.4 Å². The molecule has 1 heterocycles. The number of amides is 1. The van der Waals surface area contributed by atoms with Crippen molar-refractivity contribution in [3.8, 4) is 0 Å². The highest BCUT2D eigenvalue weighted by molar-refractivity contribution is 5.99. The fourth-order valence-electron chi connectivity index (χ4n) is 3.28. The second-order valence-electron chi connectivity index (χ2n) is 6.89. The Kier molecular flexibility index (Phi) is 7.55. The van der Waals surface area contributed by atoms with Crippen molar-refractivity contribution in [3.05, 3.63) is 58.9 Å². The Morgan fingerprint density at radius 3 is 2.43 bits per heavy atom. The van der Waals surface area contributed by atoms with Gasteiger partial charge in [-0.1, -0.05) is 37.3 Å². The number of hydrogen-bond donors (Lipinski definition) is 1. The number of nitrogens with one attached hydrogen (secondary N) is 1. The van der Waals surface area contributed by atoms with Crippen molar-refractivity contribution < 1.29 is 19.1 Å². The van der Waals surface area contributed by atoms with Crippen LogP contribution in [0.5, 0.6) is 0 Å². The van der Waals surface area contributed by atoms with E-state index in [-0.39, 0.29) is 24.7 Å². The highest BCUT2D eigenvalue weighted by Crippen LogP contribution is 2.19. The molecular formula is C22H28N2O4. The number of aryl methyl sites for hydroxylation is 1. The van der Waals surface area contributed by atoms with Gasteiger partial charge in [0, 0.05) is 30.4 Å². The van der Waals surface area contributed by atoms with Crippen LogP contribution in [-0.2, 0) is 20.9 Å². The maximum atomic E-state index is 12.5. The number of carbonyl (C=O) groups is 3. The molecule has 1 aromatic heterocycles. The molecule has 0 spiro atoms. The first kappa shape index (κ1) is 21.4. The Morgan fingerprint density at radius 1 is 1.14 bits per heavy atom. The number of aromatic nitrogens is 1. The molecule has 0 fully saturated rings. The Hall–Kier alpha value is -2.89. The topological polar surface area (TPSA) is 77.4 Å². The van der Waals surface area contributed by atoms with Crippen molar-refractivity contribution in [3.63, 3.8) is 0 Å². The van der Waals surface area contributed by atoms with Crippen LogP contribution in [0.25, 0.3) is 0 Å². The van der Waals surface area contributed by atoms with Gasteiger partial charge < -0.3 is 14.6 Å². The van der Waals surface area contributed by atoms with Gasteiger partial charge in [-0.15, -0.1) is 0 Å². The fourth-order valence-corrected chi connectivity index (χ4v) is 3.28. The average Bonchev–Trinajstić information content (AvgIpc) is 2.94. The van der Waals surface area contributed by atoms with Gasteiger partial charge in [0.15, 0.2) is 6.61 Å². The highest BCUT2D eigenvalue weighted by Gasteiger charge is 2.20. The third-order valence-corrected chi connectivity index (χ3v) is 4.64. The summed E-state index contributed by atoms with van der Waals surface area (Å²) in [6.07, 6.45) is 0.939. The van der Waals surface area contributed by atoms with E-state index in [2.05, 4.69) is 16.8 Å². The molecule has 0 aliphatic heterocycles. The van der Waals surface area contributed by atoms with Gasteiger partial charge in [-0.3, -0.25) is 14.4 Å². The van der Waals surface area contributed by atoms with Crippen molar-refractivity contribution in [2.24, 2.45) is 0 Å². The molecule has 0 radical (unpaired) electrons. The molecular weight excluding hydrogens is 356 g/mol. The second-order valence-corrected chi connectivity index (χ2v) is 6.89. The summed E-state index contributed by atoms with van der Waals surface area (Å²) >= 11 is 0. The number of hydrogen-bond acceptors (Lipinski definition) is 4. The molecule has 0 saturated heterocycles. The molecule has 1 aromatic carbocycles. The Balaban J connectivity index is 1.99. The minimum absolute atomic E-state index is 0.0360. The van der Waals surface area contributed by atoms with Crippen LogP contribution < -0.4 is 5.32 Å². The lowest BCUT2D eigenvalue weighted by molar-refractivity contribution is -0.143. The summed E-state index contributed by atoms with van der Waals surface area (Å²) in [5.41, 5.74) is 3.30. The Morgan fingerprint density at radius 2 is 1.82 bits per heavy atom. The average molecular weight is 384 g/mol. The van der Waals surface area contributed by atoms with E-state index in [9.17, 15) is 14.4 Å². The molecule has 6 nitrogen and oxygen atoms in total. The van der Waals surface area contributed by atoms with Gasteiger partial charge in [0.05, 0.1) is 12.5 Å². The quantitative estimate of drug-likeness (QED) is 0.530. The van der Waals surface area contributed by atoms with Crippen LogP contribution in [0.3, 0.4) is 0 Å². The summed E-state index contributed by atoms with van der Waals surface area (Å²) in [5, 5.41) is 2.75. The van der Waals surface area contributed by atoms with Gasteiger partial charge in [0.25, 0.3) is 0 Å². The van der Waals surface area contributed by atoms with E-state index in [1.54, 1.807) is 0 Å². The molecule has 6 heteroatoms. The molecule has 28 heavy (non-hydrogen) atoms. The van der Waals surface area contributed by atoms with E-state index in [0.29, 0.717) is 5.56 Å². The SMILES string of the molecule is CCCn1c(C)cc(C(=O)COC(=O)C[C@@H](NC(C)=O)c2ccccc2)c1C. The van der Waals surface area contributed by atoms with Crippen LogP contribution in [-0.4, -0.2) is 28.8 Å². The first-order valence-electron chi connectivity index (χ1n) is 9.51. The summed E-state index contributed by atoms with van der Waals surface area (Å²) in [6, 6.07) is 10.6. The maximum absolute atomic E-state index is 12.5. The van der Waals surface area contributed by atoms with Crippen LogP contribution in [0.4, 0.5) is 0 Å². The lowest BCUT2D eigenvalue weighted by Crippen LogP contribution is -2.29. The normalized spacial score (nSPS) is 11.7. The van der Waals surface area contributed by atoms with E-state index in [4.69, 9.17) is 4.74 Å². The number of ether oxygens (including phenoxy) is 1. The number of esters is 1. The zero-order valence-electron chi connectivity index (χ0n) is 17.0. The molecule has 150 valence electrons. The lowest BCUT2D eigenvalue weighted by atomic mass is 10.0. The van der Waals surface area contributed by atoms with Gasteiger partial charge in [-0.25, -0.2) is 0 Å². The molecule has 0 aliphatic carbocycles. The predicted octanol–water partition coefficient (Wildman–Crippen LogP) is 3.51. The monoisotopic (exact) mass is 384 g/mol. The summed E-state index contributed by atoms with van der Waals surface area (Å²) in [5.74, 6) is -0.987. The summed E-state index contributed by atoms with van der Waals surface area (Å²) in [7, 11) is 0. The number of ketones is 1. The standard InChI is InChI=1S/C22H28N2O4/c1-5-11-24-15(2)12-19(16(24)3)21(26)14-28-22(27)13-20(23-17(4)25)18-9-7-6-8-10-18/h6-10,12,20H,5,11,13-14H2,1-4H3,(H,23,25)/t20-/m1/s1. The largest absolute Gasteiger partial charge is 0.457 e. The van der Waals surface area contributed by atoms with Crippen LogP contribution in [0.1, 0.15) is 60.0 Å². The minimum Gasteiger partial charge on any atom is -0.457 e. The zero-order chi connectivity index (χ0) is 20.7. The van der Waals surface area contributed by atoms with Crippen LogP contribution in [0, 0.1) is 13.8 Å². The lowest BCUT2D eigenvalue weighted by Gasteiger charge is -2.17. The molecule has 2 aromatic rings. The van der Waals surface area contributed by atoms with Crippen molar-refractivity contribution in [2.75, 3.05) is 6.61 Å². The highest BCUT2D eigenvalue weighted by atomic mass is 16.5. The minimum atomic E-state index is -0.529. The van der Waals surface area contributed by atoms with Crippen molar-refractivity contribution >= 4 is 17.7 Å². The molecule has 0 saturated carbocycles. The summed E-state index contributed by atoms with van der Waals surface area (Å²) in [6.45, 7) is 7.89. The van der Waals surface area contributed by atoms with E-state index in [1.165, 1.54) is 6.92 Å². The number of rotatable bonds is 9. The zero-order valence-corrected chi connectivity index (χ0v) is 17.0. The van der Waals surface area contributed by atoms with Gasteiger partial charge in [-0.2, -0.15) is 0 Å². The molecule has 0 unspecified atom stereocenters. The van der Waals surface area contributed by atoms with E-state index >= 15 is 0 Å². The van der Waals surface area contributed by atoms with Crippen molar-refractivity contribution in [1.82, 2.24) is 9.88 Å². The molecule has 2 rings (SSSR count). The van der Waals surface area contributed by atoms with Crippen LogP contribution >= 0.6 is 0 Å². The molecule has 1 amide bonds. The van der Waals surface area contributed by atoms with E-state index < -0.39 is 12.0 Å². The van der Waals surface area contributed by atoms with Crippen molar-refractivity contribution in [2.45, 2.75) is 53.1 Å². The molecule has 0 bridgehead atoms. The van der Waals surface area contributed by atoms with Gasteiger partial charge in [-0.05, 0) is 31.9 Å². The summed E-state index contributed by atoms with van der Waals surface area (Å²) in [4.78, 5) is 36.3. The fraction of sp³-hybridized carbons (Fsp3) is 0.409. The molecule has 1 N–H and O–H groups in total. The van der Waals surface area contributed by atoms with Crippen LogP contribution in [0.2, 0.25) is 0 Å². The third-order valence-electron chi connectivity index (χ3n) is 4.64. The molecule has 1 atom stereocenters. The van der Waals surface area contributed by atoms with Gasteiger partial charge in [0.1, 0.15) is 0 Å². The Labute approximate surface area is 165 Å². The van der Waals surface area contributed by atoms with Gasteiger partial charge >= 0.3 is 5.97 Å². The maximum Gasteiger partial charge on any atom is 0.308 e. The first-order valence-corrected chi connectivity index (χ1v) is 9.51.